The summed E-state index contributed by atoms with van der Waals surface area (Å²) in [5.41, 5.74) is 2.43. The number of rotatable bonds is 2. The molecule has 1 fully saturated rings. The highest BCUT2D eigenvalue weighted by Crippen LogP contribution is 2.34. The van der Waals surface area contributed by atoms with Gasteiger partial charge in [0.05, 0.1) is 5.88 Å². The zero-order chi connectivity index (χ0) is 14.8. The van der Waals surface area contributed by atoms with Crippen molar-refractivity contribution in [3.8, 4) is 0 Å². The first-order chi connectivity index (χ1) is 9.41. The zero-order valence-corrected chi connectivity index (χ0v) is 13.9. The summed E-state index contributed by atoms with van der Waals surface area (Å²) in [6.07, 6.45) is 5.63. The molecule has 0 aromatic carbocycles. The van der Waals surface area contributed by atoms with Crippen LogP contribution < -0.4 is 4.90 Å². The molecule has 0 aliphatic carbocycles. The van der Waals surface area contributed by atoms with Crippen LogP contribution >= 0.6 is 11.6 Å². The van der Waals surface area contributed by atoms with Gasteiger partial charge in [0.1, 0.15) is 0 Å². The van der Waals surface area contributed by atoms with Crippen molar-refractivity contribution >= 4 is 17.5 Å². The first-order valence-corrected chi connectivity index (χ1v) is 8.08. The van der Waals surface area contributed by atoms with Crippen molar-refractivity contribution in [2.75, 3.05) is 18.0 Å². The van der Waals surface area contributed by atoms with Gasteiger partial charge in [0.2, 0.25) is 5.95 Å². The van der Waals surface area contributed by atoms with E-state index in [1.54, 1.807) is 0 Å². The molecule has 1 unspecified atom stereocenters. The van der Waals surface area contributed by atoms with Crippen LogP contribution in [0.2, 0.25) is 0 Å². The molecule has 1 aromatic rings. The molecule has 2 rings (SSSR count). The molecule has 112 valence electrons. The largest absolute Gasteiger partial charge is 0.341 e. The Labute approximate surface area is 127 Å². The molecule has 0 radical (unpaired) electrons. The molecule has 4 heteroatoms. The van der Waals surface area contributed by atoms with Crippen molar-refractivity contribution in [2.45, 2.75) is 52.8 Å². The highest BCUT2D eigenvalue weighted by atomic mass is 35.5. The van der Waals surface area contributed by atoms with E-state index in [1.807, 2.05) is 13.1 Å². The molecule has 0 saturated carbocycles. The van der Waals surface area contributed by atoms with Gasteiger partial charge in [-0.2, -0.15) is 0 Å². The number of hydrogen-bond donors (Lipinski definition) is 0. The predicted molar refractivity (Wildman–Crippen MR) is 85.3 cm³/mol. The Morgan fingerprint density at radius 3 is 2.65 bits per heavy atom. The Morgan fingerprint density at radius 2 is 2.05 bits per heavy atom. The molecule has 0 N–H and O–H groups in total. The van der Waals surface area contributed by atoms with Crippen molar-refractivity contribution < 1.29 is 0 Å². The molecule has 0 bridgehead atoms. The van der Waals surface area contributed by atoms with Gasteiger partial charge in [-0.15, -0.1) is 11.6 Å². The normalized spacial score (nSPS) is 20.9. The predicted octanol–water partition coefficient (Wildman–Crippen LogP) is 4.18. The number of aryl methyl sites for hydroxylation is 1. The van der Waals surface area contributed by atoms with Crippen LogP contribution in [0.4, 0.5) is 5.95 Å². The maximum absolute atomic E-state index is 5.87. The summed E-state index contributed by atoms with van der Waals surface area (Å²) >= 11 is 5.87. The molecular weight excluding hydrogens is 270 g/mol. The minimum Gasteiger partial charge on any atom is -0.341 e. The van der Waals surface area contributed by atoms with Crippen molar-refractivity contribution in [1.82, 2.24) is 9.97 Å². The molecule has 1 saturated heterocycles. The van der Waals surface area contributed by atoms with E-state index in [4.69, 9.17) is 11.6 Å². The average molecular weight is 296 g/mol. The lowest BCUT2D eigenvalue weighted by Gasteiger charge is -2.29. The van der Waals surface area contributed by atoms with Gasteiger partial charge in [-0.25, -0.2) is 9.97 Å². The summed E-state index contributed by atoms with van der Waals surface area (Å²) in [6.45, 7) is 11.2. The first-order valence-electron chi connectivity index (χ1n) is 7.55. The standard InChI is InChI=1S/C16H26ClN3/c1-12-13(10-17)11-18-15(19-12)20-8-5-6-14(7-9-20)16(2,3)4/h11,14H,5-10H2,1-4H3. The summed E-state index contributed by atoms with van der Waals surface area (Å²) in [5, 5.41) is 0. The van der Waals surface area contributed by atoms with E-state index in [9.17, 15) is 0 Å². The molecule has 2 heterocycles. The van der Waals surface area contributed by atoms with Gasteiger partial charge in [-0.1, -0.05) is 20.8 Å². The lowest BCUT2D eigenvalue weighted by molar-refractivity contribution is 0.220. The fraction of sp³-hybridized carbons (Fsp3) is 0.750. The minimum absolute atomic E-state index is 0.398. The SMILES string of the molecule is Cc1nc(N2CCCC(C(C)(C)C)CC2)ncc1CCl. The lowest BCUT2D eigenvalue weighted by atomic mass is 9.77. The smallest absolute Gasteiger partial charge is 0.225 e. The molecule has 20 heavy (non-hydrogen) atoms. The second kappa shape index (κ2) is 6.30. The van der Waals surface area contributed by atoms with Crippen LogP contribution in [0.3, 0.4) is 0 Å². The summed E-state index contributed by atoms with van der Waals surface area (Å²) in [4.78, 5) is 11.5. The van der Waals surface area contributed by atoms with Crippen molar-refractivity contribution in [2.24, 2.45) is 11.3 Å². The molecule has 0 amide bonds. The van der Waals surface area contributed by atoms with Crippen LogP contribution in [0.5, 0.6) is 0 Å². The van der Waals surface area contributed by atoms with E-state index in [-0.39, 0.29) is 0 Å². The van der Waals surface area contributed by atoms with E-state index in [2.05, 4.69) is 35.6 Å². The summed E-state index contributed by atoms with van der Waals surface area (Å²) in [6, 6.07) is 0. The van der Waals surface area contributed by atoms with E-state index < -0.39 is 0 Å². The number of nitrogens with zero attached hydrogens (tertiary/aromatic N) is 3. The highest BCUT2D eigenvalue weighted by Gasteiger charge is 2.27. The van der Waals surface area contributed by atoms with Crippen LogP contribution in [0, 0.1) is 18.3 Å². The Bertz CT molecular complexity index is 454. The zero-order valence-electron chi connectivity index (χ0n) is 13.1. The lowest BCUT2D eigenvalue weighted by Crippen LogP contribution is -2.27. The van der Waals surface area contributed by atoms with E-state index >= 15 is 0 Å². The summed E-state index contributed by atoms with van der Waals surface area (Å²) < 4.78 is 0. The quantitative estimate of drug-likeness (QED) is 0.767. The summed E-state index contributed by atoms with van der Waals surface area (Å²) in [5.74, 6) is 2.14. The van der Waals surface area contributed by atoms with Gasteiger partial charge in [0.15, 0.2) is 0 Å². The van der Waals surface area contributed by atoms with Crippen LogP contribution in [0.15, 0.2) is 6.20 Å². The van der Waals surface area contributed by atoms with Crippen molar-refractivity contribution in [3.05, 3.63) is 17.5 Å². The van der Waals surface area contributed by atoms with Gasteiger partial charge in [0, 0.05) is 30.5 Å². The fourth-order valence-electron chi connectivity index (χ4n) is 2.93. The number of alkyl halides is 1. The third kappa shape index (κ3) is 3.63. The van der Waals surface area contributed by atoms with E-state index in [0.717, 1.165) is 36.2 Å². The third-order valence-electron chi connectivity index (χ3n) is 4.45. The van der Waals surface area contributed by atoms with Gasteiger partial charge >= 0.3 is 0 Å². The van der Waals surface area contributed by atoms with Gasteiger partial charge in [0.25, 0.3) is 0 Å². The Hall–Kier alpha value is -0.830. The first kappa shape index (κ1) is 15.6. The average Bonchev–Trinajstić information content (AvgIpc) is 2.63. The summed E-state index contributed by atoms with van der Waals surface area (Å²) in [7, 11) is 0. The number of hydrogen-bond acceptors (Lipinski definition) is 3. The Kier molecular flexibility index (Phi) is 4.90. The molecular formula is C16H26ClN3. The molecule has 3 nitrogen and oxygen atoms in total. The van der Waals surface area contributed by atoms with Crippen LogP contribution in [-0.4, -0.2) is 23.1 Å². The topological polar surface area (TPSA) is 29.0 Å². The number of anilines is 1. The fourth-order valence-corrected chi connectivity index (χ4v) is 3.19. The highest BCUT2D eigenvalue weighted by molar-refractivity contribution is 6.17. The van der Waals surface area contributed by atoms with Gasteiger partial charge in [-0.05, 0) is 37.5 Å². The molecule has 1 aromatic heterocycles. The van der Waals surface area contributed by atoms with Crippen LogP contribution in [0.1, 0.15) is 51.3 Å². The van der Waals surface area contributed by atoms with Crippen molar-refractivity contribution in [1.29, 1.82) is 0 Å². The van der Waals surface area contributed by atoms with E-state index in [1.165, 1.54) is 19.3 Å². The Balaban J connectivity index is 2.09. The number of halogens is 1. The number of aromatic nitrogens is 2. The maximum Gasteiger partial charge on any atom is 0.225 e. The van der Waals surface area contributed by atoms with Crippen LogP contribution in [-0.2, 0) is 5.88 Å². The van der Waals surface area contributed by atoms with Gasteiger partial charge in [-0.3, -0.25) is 0 Å². The van der Waals surface area contributed by atoms with Crippen molar-refractivity contribution in [3.63, 3.8) is 0 Å². The third-order valence-corrected chi connectivity index (χ3v) is 4.74. The monoisotopic (exact) mass is 295 g/mol. The maximum atomic E-state index is 5.87. The molecule has 0 spiro atoms. The molecule has 1 aliphatic heterocycles. The van der Waals surface area contributed by atoms with Gasteiger partial charge < -0.3 is 4.90 Å². The minimum atomic E-state index is 0.398. The second-order valence-electron chi connectivity index (χ2n) is 6.90. The second-order valence-corrected chi connectivity index (χ2v) is 7.16. The molecule has 1 atom stereocenters. The van der Waals surface area contributed by atoms with Crippen LogP contribution in [0.25, 0.3) is 0 Å². The Morgan fingerprint density at radius 1 is 1.30 bits per heavy atom. The molecule has 1 aliphatic rings. The van der Waals surface area contributed by atoms with E-state index in [0.29, 0.717) is 11.3 Å².